The Morgan fingerprint density at radius 2 is 2.00 bits per heavy atom. The molecular formula is C14H21NO. The molecule has 2 heteroatoms. The van der Waals surface area contributed by atoms with Crippen molar-refractivity contribution in [2.24, 2.45) is 11.8 Å². The van der Waals surface area contributed by atoms with E-state index in [4.69, 9.17) is 10.5 Å². The highest BCUT2D eigenvalue weighted by Gasteiger charge is 2.25. The average molecular weight is 219 g/mol. The summed E-state index contributed by atoms with van der Waals surface area (Å²) in [4.78, 5) is 0. The van der Waals surface area contributed by atoms with Gasteiger partial charge in [0.2, 0.25) is 0 Å². The zero-order valence-corrected chi connectivity index (χ0v) is 10.1. The van der Waals surface area contributed by atoms with Crippen LogP contribution < -0.4 is 10.5 Å². The molecule has 0 heterocycles. The van der Waals surface area contributed by atoms with Crippen LogP contribution in [0.1, 0.15) is 33.1 Å². The van der Waals surface area contributed by atoms with E-state index in [2.05, 4.69) is 13.8 Å². The Morgan fingerprint density at radius 3 is 2.69 bits per heavy atom. The number of nitrogens with two attached hydrogens (primary N) is 1. The highest BCUT2D eigenvalue weighted by atomic mass is 16.5. The van der Waals surface area contributed by atoms with Crippen molar-refractivity contribution < 1.29 is 4.74 Å². The molecule has 0 aliphatic heterocycles. The first-order valence-corrected chi connectivity index (χ1v) is 6.17. The van der Waals surface area contributed by atoms with Gasteiger partial charge in [-0.25, -0.2) is 0 Å². The molecule has 3 atom stereocenters. The van der Waals surface area contributed by atoms with Gasteiger partial charge in [0, 0.05) is 11.8 Å². The van der Waals surface area contributed by atoms with E-state index in [1.807, 2.05) is 24.3 Å². The minimum Gasteiger partial charge on any atom is -0.490 e. The highest BCUT2D eigenvalue weighted by molar-refractivity contribution is 5.43. The van der Waals surface area contributed by atoms with Crippen molar-refractivity contribution >= 4 is 5.69 Å². The normalized spacial score (nSPS) is 30.0. The van der Waals surface area contributed by atoms with Gasteiger partial charge in [0.1, 0.15) is 5.75 Å². The molecule has 0 aromatic heterocycles. The SMILES string of the molecule is CC1CCC(Oc2cccc(N)c2)CC1C. The van der Waals surface area contributed by atoms with Gasteiger partial charge >= 0.3 is 0 Å². The summed E-state index contributed by atoms with van der Waals surface area (Å²) in [6, 6.07) is 7.72. The third-order valence-corrected chi connectivity index (χ3v) is 3.71. The van der Waals surface area contributed by atoms with Crippen LogP contribution in [-0.4, -0.2) is 6.10 Å². The first-order valence-electron chi connectivity index (χ1n) is 6.17. The third kappa shape index (κ3) is 2.69. The maximum Gasteiger partial charge on any atom is 0.121 e. The smallest absolute Gasteiger partial charge is 0.121 e. The van der Waals surface area contributed by atoms with Crippen LogP contribution in [0.15, 0.2) is 24.3 Å². The topological polar surface area (TPSA) is 35.2 Å². The van der Waals surface area contributed by atoms with Crippen molar-refractivity contribution in [1.29, 1.82) is 0 Å². The summed E-state index contributed by atoms with van der Waals surface area (Å²) in [5.41, 5.74) is 6.51. The Kier molecular flexibility index (Phi) is 3.37. The predicted octanol–water partition coefficient (Wildman–Crippen LogP) is 3.47. The summed E-state index contributed by atoms with van der Waals surface area (Å²) in [5.74, 6) is 2.51. The fraction of sp³-hybridized carbons (Fsp3) is 0.571. The van der Waals surface area contributed by atoms with Gasteiger partial charge in [-0.05, 0) is 43.2 Å². The number of rotatable bonds is 2. The van der Waals surface area contributed by atoms with Crippen LogP contribution in [0.4, 0.5) is 5.69 Å². The van der Waals surface area contributed by atoms with Gasteiger partial charge in [-0.15, -0.1) is 0 Å². The lowest BCUT2D eigenvalue weighted by molar-refractivity contribution is 0.101. The van der Waals surface area contributed by atoms with Crippen LogP contribution in [-0.2, 0) is 0 Å². The molecule has 3 unspecified atom stereocenters. The molecule has 16 heavy (non-hydrogen) atoms. The zero-order valence-electron chi connectivity index (χ0n) is 10.1. The average Bonchev–Trinajstić information content (AvgIpc) is 2.24. The van der Waals surface area contributed by atoms with E-state index in [0.717, 1.165) is 29.7 Å². The predicted molar refractivity (Wildman–Crippen MR) is 67.4 cm³/mol. The largest absolute Gasteiger partial charge is 0.490 e. The lowest BCUT2D eigenvalue weighted by Gasteiger charge is -2.32. The van der Waals surface area contributed by atoms with Crippen molar-refractivity contribution in [2.75, 3.05) is 5.73 Å². The Hall–Kier alpha value is -1.18. The second-order valence-corrected chi connectivity index (χ2v) is 5.08. The zero-order chi connectivity index (χ0) is 11.5. The fourth-order valence-corrected chi connectivity index (χ4v) is 2.39. The Balaban J connectivity index is 1.95. The third-order valence-electron chi connectivity index (χ3n) is 3.71. The second-order valence-electron chi connectivity index (χ2n) is 5.08. The van der Waals surface area contributed by atoms with Crippen LogP contribution in [0.2, 0.25) is 0 Å². The van der Waals surface area contributed by atoms with E-state index in [-0.39, 0.29) is 0 Å². The summed E-state index contributed by atoms with van der Waals surface area (Å²) in [7, 11) is 0. The van der Waals surface area contributed by atoms with E-state index in [1.165, 1.54) is 12.8 Å². The van der Waals surface area contributed by atoms with Crippen molar-refractivity contribution in [3.63, 3.8) is 0 Å². The molecule has 0 amide bonds. The van der Waals surface area contributed by atoms with Crippen molar-refractivity contribution in [3.05, 3.63) is 24.3 Å². The molecule has 2 nitrogen and oxygen atoms in total. The summed E-state index contributed by atoms with van der Waals surface area (Å²) in [6.45, 7) is 4.65. The number of ether oxygens (including phenoxy) is 1. The standard InChI is InChI=1S/C14H21NO/c1-10-6-7-14(8-11(10)2)16-13-5-3-4-12(15)9-13/h3-5,9-11,14H,6-8,15H2,1-2H3. The first-order chi connectivity index (χ1) is 7.65. The Morgan fingerprint density at radius 1 is 1.19 bits per heavy atom. The van der Waals surface area contributed by atoms with Crippen LogP contribution in [0.3, 0.4) is 0 Å². The van der Waals surface area contributed by atoms with Gasteiger partial charge in [0.25, 0.3) is 0 Å². The lowest BCUT2D eigenvalue weighted by Crippen LogP contribution is -2.28. The molecule has 88 valence electrons. The fourth-order valence-electron chi connectivity index (χ4n) is 2.39. The number of hydrogen-bond acceptors (Lipinski definition) is 2. The van der Waals surface area contributed by atoms with Gasteiger partial charge in [-0.1, -0.05) is 19.9 Å². The molecule has 2 rings (SSSR count). The molecule has 1 fully saturated rings. The van der Waals surface area contributed by atoms with Gasteiger partial charge < -0.3 is 10.5 Å². The lowest BCUT2D eigenvalue weighted by atomic mass is 9.80. The monoisotopic (exact) mass is 219 g/mol. The van der Waals surface area contributed by atoms with Gasteiger partial charge in [0.05, 0.1) is 6.10 Å². The van der Waals surface area contributed by atoms with Gasteiger partial charge in [-0.2, -0.15) is 0 Å². The van der Waals surface area contributed by atoms with Crippen LogP contribution in [0.5, 0.6) is 5.75 Å². The van der Waals surface area contributed by atoms with E-state index in [0.29, 0.717) is 6.10 Å². The van der Waals surface area contributed by atoms with Crippen molar-refractivity contribution in [3.8, 4) is 5.75 Å². The molecule has 0 spiro atoms. The molecule has 2 N–H and O–H groups in total. The molecule has 0 bridgehead atoms. The molecule has 1 aromatic rings. The summed E-state index contributed by atoms with van der Waals surface area (Å²) in [6.07, 6.45) is 3.97. The molecule has 0 radical (unpaired) electrons. The Labute approximate surface area is 97.8 Å². The first kappa shape index (κ1) is 11.3. The molecule has 1 aromatic carbocycles. The van der Waals surface area contributed by atoms with Gasteiger partial charge in [0.15, 0.2) is 0 Å². The maximum absolute atomic E-state index is 5.97. The molecule has 1 aliphatic rings. The highest BCUT2D eigenvalue weighted by Crippen LogP contribution is 2.32. The van der Waals surface area contributed by atoms with E-state index in [9.17, 15) is 0 Å². The molecule has 1 saturated carbocycles. The minimum absolute atomic E-state index is 0.369. The summed E-state index contributed by atoms with van der Waals surface area (Å²) < 4.78 is 5.97. The maximum atomic E-state index is 5.97. The van der Waals surface area contributed by atoms with Crippen LogP contribution in [0, 0.1) is 11.8 Å². The quantitative estimate of drug-likeness (QED) is 0.773. The summed E-state index contributed by atoms with van der Waals surface area (Å²) >= 11 is 0. The number of benzene rings is 1. The van der Waals surface area contributed by atoms with Crippen molar-refractivity contribution in [2.45, 2.75) is 39.2 Å². The number of anilines is 1. The Bertz CT molecular complexity index is 350. The van der Waals surface area contributed by atoms with E-state index < -0.39 is 0 Å². The number of nitrogen functional groups attached to an aromatic ring is 1. The second kappa shape index (κ2) is 4.77. The molecular weight excluding hydrogens is 198 g/mol. The molecule has 1 aliphatic carbocycles. The van der Waals surface area contributed by atoms with Crippen molar-refractivity contribution in [1.82, 2.24) is 0 Å². The van der Waals surface area contributed by atoms with Gasteiger partial charge in [-0.3, -0.25) is 0 Å². The van der Waals surface area contributed by atoms with Crippen LogP contribution >= 0.6 is 0 Å². The molecule has 0 saturated heterocycles. The summed E-state index contributed by atoms with van der Waals surface area (Å²) in [5, 5.41) is 0. The van der Waals surface area contributed by atoms with E-state index >= 15 is 0 Å². The van der Waals surface area contributed by atoms with E-state index in [1.54, 1.807) is 0 Å². The van der Waals surface area contributed by atoms with Crippen LogP contribution in [0.25, 0.3) is 0 Å². The number of hydrogen-bond donors (Lipinski definition) is 1. The minimum atomic E-state index is 0.369.